The van der Waals surface area contributed by atoms with Crippen LogP contribution in [0.5, 0.6) is 0 Å². The van der Waals surface area contributed by atoms with E-state index in [2.05, 4.69) is 33.9 Å². The first-order valence-electron chi connectivity index (χ1n) is 6.26. The average molecular weight is 274 g/mol. The van der Waals surface area contributed by atoms with Gasteiger partial charge in [-0.3, -0.25) is 0 Å². The minimum absolute atomic E-state index is 0.205. The fourth-order valence-electron chi connectivity index (χ4n) is 2.16. The van der Waals surface area contributed by atoms with Crippen LogP contribution in [0.2, 0.25) is 0 Å². The number of hydrogen-bond acceptors (Lipinski definition) is 4. The minimum Gasteiger partial charge on any atom is -0.327 e. The molecule has 0 aliphatic carbocycles. The van der Waals surface area contributed by atoms with Crippen molar-refractivity contribution in [3.63, 3.8) is 0 Å². The molecule has 0 aliphatic heterocycles. The second-order valence-electron chi connectivity index (χ2n) is 4.88. The van der Waals surface area contributed by atoms with E-state index in [1.807, 2.05) is 37.8 Å². The molecule has 5 heteroatoms. The van der Waals surface area contributed by atoms with Crippen LogP contribution in [-0.4, -0.2) is 22.1 Å². The molecule has 0 fully saturated rings. The van der Waals surface area contributed by atoms with Crippen LogP contribution in [0.3, 0.4) is 0 Å². The van der Waals surface area contributed by atoms with Crippen molar-refractivity contribution < 1.29 is 0 Å². The van der Waals surface area contributed by atoms with Gasteiger partial charge in [-0.2, -0.15) is 5.26 Å². The number of rotatable bonds is 5. The first kappa shape index (κ1) is 13.8. The van der Waals surface area contributed by atoms with E-state index in [0.717, 1.165) is 17.1 Å². The van der Waals surface area contributed by atoms with E-state index in [1.54, 1.807) is 11.3 Å². The zero-order valence-electron chi connectivity index (χ0n) is 11.4. The number of nitrogens with zero attached hydrogens (tertiary/aromatic N) is 3. The summed E-state index contributed by atoms with van der Waals surface area (Å²) in [6, 6.07) is 6.63. The number of nitriles is 1. The van der Waals surface area contributed by atoms with Gasteiger partial charge in [-0.1, -0.05) is 6.07 Å². The topological polar surface area (TPSA) is 53.6 Å². The van der Waals surface area contributed by atoms with Gasteiger partial charge in [0.2, 0.25) is 0 Å². The predicted molar refractivity (Wildman–Crippen MR) is 77.9 cm³/mol. The Bertz CT molecular complexity index is 567. The van der Waals surface area contributed by atoms with Gasteiger partial charge in [-0.25, -0.2) is 4.98 Å². The van der Waals surface area contributed by atoms with E-state index in [4.69, 9.17) is 0 Å². The maximum Gasteiger partial charge on any atom is 0.150 e. The molecule has 0 bridgehead atoms. The van der Waals surface area contributed by atoms with Crippen LogP contribution in [0.15, 0.2) is 29.9 Å². The van der Waals surface area contributed by atoms with Gasteiger partial charge in [0.1, 0.15) is 11.4 Å². The zero-order chi connectivity index (χ0) is 13.9. The quantitative estimate of drug-likeness (QED) is 0.911. The second kappa shape index (κ2) is 5.55. The molecule has 0 saturated heterocycles. The Balaban J connectivity index is 2.24. The largest absolute Gasteiger partial charge is 0.327 e. The van der Waals surface area contributed by atoms with Gasteiger partial charge in [-0.15, -0.1) is 11.3 Å². The summed E-state index contributed by atoms with van der Waals surface area (Å²) in [4.78, 5) is 5.58. The lowest BCUT2D eigenvalue weighted by atomic mass is 9.95. The Hall–Kier alpha value is -1.64. The molecule has 2 rings (SSSR count). The Morgan fingerprint density at radius 2 is 2.42 bits per heavy atom. The van der Waals surface area contributed by atoms with Gasteiger partial charge in [0, 0.05) is 18.4 Å². The van der Waals surface area contributed by atoms with Gasteiger partial charge in [-0.05, 0) is 38.8 Å². The maximum atomic E-state index is 9.25. The van der Waals surface area contributed by atoms with Gasteiger partial charge in [0.05, 0.1) is 10.9 Å². The lowest BCUT2D eigenvalue weighted by Gasteiger charge is -2.26. The summed E-state index contributed by atoms with van der Waals surface area (Å²) in [6.45, 7) is 4.04. The molecule has 1 N–H and O–H groups in total. The third kappa shape index (κ3) is 2.86. The van der Waals surface area contributed by atoms with Gasteiger partial charge >= 0.3 is 0 Å². The lowest BCUT2D eigenvalue weighted by Crippen LogP contribution is -2.40. The number of hydrogen-bond donors (Lipinski definition) is 1. The maximum absolute atomic E-state index is 9.25. The molecular formula is C14H18N4S. The molecule has 2 aromatic rings. The van der Waals surface area contributed by atoms with Crippen molar-refractivity contribution in [3.8, 4) is 16.8 Å². The molecule has 0 spiro atoms. The van der Waals surface area contributed by atoms with E-state index in [-0.39, 0.29) is 6.04 Å². The molecule has 0 aliphatic rings. The predicted octanol–water partition coefficient (Wildman–Crippen LogP) is 3.06. The standard InChI is InChI=1S/C14H18N4S/c1-11(9-14(2,10-15)16-3)18-7-6-17-13(18)12-5-4-8-19-12/h4-8,11,16H,9H2,1-3H3. The first-order chi connectivity index (χ1) is 9.09. The minimum atomic E-state index is -0.517. The molecular weight excluding hydrogens is 256 g/mol. The first-order valence-corrected chi connectivity index (χ1v) is 7.14. The van der Waals surface area contributed by atoms with E-state index < -0.39 is 5.54 Å². The van der Waals surface area contributed by atoms with Crippen molar-refractivity contribution in [3.05, 3.63) is 29.9 Å². The smallest absolute Gasteiger partial charge is 0.150 e. The van der Waals surface area contributed by atoms with Crippen molar-refractivity contribution in [2.45, 2.75) is 31.8 Å². The summed E-state index contributed by atoms with van der Waals surface area (Å²) >= 11 is 1.68. The fourth-order valence-corrected chi connectivity index (χ4v) is 2.88. The van der Waals surface area contributed by atoms with Crippen LogP contribution in [0.1, 0.15) is 26.3 Å². The van der Waals surface area contributed by atoms with Crippen molar-refractivity contribution in [2.24, 2.45) is 0 Å². The zero-order valence-corrected chi connectivity index (χ0v) is 12.2. The highest BCUT2D eigenvalue weighted by molar-refractivity contribution is 7.13. The lowest BCUT2D eigenvalue weighted by molar-refractivity contribution is 0.369. The van der Waals surface area contributed by atoms with Crippen LogP contribution in [0, 0.1) is 11.3 Å². The SMILES string of the molecule is CNC(C)(C#N)CC(C)n1ccnc1-c1cccs1. The summed E-state index contributed by atoms with van der Waals surface area (Å²) in [7, 11) is 1.82. The average Bonchev–Trinajstić information content (AvgIpc) is 3.08. The summed E-state index contributed by atoms with van der Waals surface area (Å²) < 4.78 is 2.14. The van der Waals surface area contributed by atoms with E-state index >= 15 is 0 Å². The van der Waals surface area contributed by atoms with Crippen molar-refractivity contribution in [2.75, 3.05) is 7.05 Å². The Morgan fingerprint density at radius 1 is 1.63 bits per heavy atom. The highest BCUT2D eigenvalue weighted by atomic mass is 32.1. The molecule has 0 radical (unpaired) electrons. The van der Waals surface area contributed by atoms with Crippen LogP contribution in [0.25, 0.3) is 10.7 Å². The van der Waals surface area contributed by atoms with Gasteiger partial charge in [0.15, 0.2) is 0 Å². The summed E-state index contributed by atoms with van der Waals surface area (Å²) in [5.41, 5.74) is -0.517. The normalized spacial score (nSPS) is 15.7. The summed E-state index contributed by atoms with van der Waals surface area (Å²) in [5, 5.41) is 14.4. The Labute approximate surface area is 117 Å². The second-order valence-corrected chi connectivity index (χ2v) is 5.83. The third-order valence-corrected chi connectivity index (χ3v) is 4.25. The Morgan fingerprint density at radius 3 is 3.00 bits per heavy atom. The van der Waals surface area contributed by atoms with Crippen molar-refractivity contribution >= 4 is 11.3 Å². The van der Waals surface area contributed by atoms with Crippen LogP contribution in [-0.2, 0) is 0 Å². The Kier molecular flexibility index (Phi) is 4.03. The van der Waals surface area contributed by atoms with E-state index in [0.29, 0.717) is 0 Å². The molecule has 2 unspecified atom stereocenters. The van der Waals surface area contributed by atoms with E-state index in [1.165, 1.54) is 0 Å². The van der Waals surface area contributed by atoms with Crippen LogP contribution >= 0.6 is 11.3 Å². The molecule has 2 aromatic heterocycles. The van der Waals surface area contributed by atoms with Crippen LogP contribution in [0.4, 0.5) is 0 Å². The number of aromatic nitrogens is 2. The van der Waals surface area contributed by atoms with Crippen LogP contribution < -0.4 is 5.32 Å². The summed E-state index contributed by atoms with van der Waals surface area (Å²) in [5.74, 6) is 0.971. The molecule has 19 heavy (non-hydrogen) atoms. The molecule has 4 nitrogen and oxygen atoms in total. The monoisotopic (exact) mass is 274 g/mol. The molecule has 2 heterocycles. The molecule has 0 saturated carbocycles. The fraction of sp³-hybridized carbons (Fsp3) is 0.429. The van der Waals surface area contributed by atoms with Gasteiger partial charge in [0.25, 0.3) is 0 Å². The number of imidazole rings is 1. The third-order valence-electron chi connectivity index (χ3n) is 3.39. The molecule has 100 valence electrons. The molecule has 2 atom stereocenters. The summed E-state index contributed by atoms with van der Waals surface area (Å²) in [6.07, 6.45) is 4.52. The molecule has 0 amide bonds. The highest BCUT2D eigenvalue weighted by Crippen LogP contribution is 2.28. The van der Waals surface area contributed by atoms with E-state index in [9.17, 15) is 5.26 Å². The number of nitrogens with one attached hydrogen (secondary N) is 1. The number of thiophene rings is 1. The van der Waals surface area contributed by atoms with Crippen molar-refractivity contribution in [1.29, 1.82) is 5.26 Å². The van der Waals surface area contributed by atoms with Gasteiger partial charge < -0.3 is 9.88 Å². The molecule has 0 aromatic carbocycles. The van der Waals surface area contributed by atoms with Crippen molar-refractivity contribution in [1.82, 2.24) is 14.9 Å². The highest BCUT2D eigenvalue weighted by Gasteiger charge is 2.26.